The number of aromatic nitrogens is 1. The van der Waals surface area contributed by atoms with Crippen molar-refractivity contribution in [1.29, 1.82) is 0 Å². The van der Waals surface area contributed by atoms with Crippen molar-refractivity contribution in [1.82, 2.24) is 4.98 Å². The summed E-state index contributed by atoms with van der Waals surface area (Å²) in [6.45, 7) is 0.758. The highest BCUT2D eigenvalue weighted by Crippen LogP contribution is 2.37. The first-order valence-corrected chi connectivity index (χ1v) is 11.2. The lowest BCUT2D eigenvalue weighted by Gasteiger charge is -2.25. The molecule has 0 aliphatic carbocycles. The molecule has 1 heterocycles. The van der Waals surface area contributed by atoms with E-state index < -0.39 is 11.7 Å². The van der Waals surface area contributed by atoms with E-state index in [4.69, 9.17) is 11.6 Å². The Kier molecular flexibility index (Phi) is 8.93. The van der Waals surface area contributed by atoms with Gasteiger partial charge >= 0.3 is 6.18 Å². The molecule has 0 spiro atoms. The number of hydrogen-bond acceptors (Lipinski definition) is 3. The molecule has 3 rings (SSSR count). The average Bonchev–Trinajstić information content (AvgIpc) is 3.16. The van der Waals surface area contributed by atoms with Gasteiger partial charge in [0.1, 0.15) is 0 Å². The molecule has 0 N–H and O–H groups in total. The summed E-state index contributed by atoms with van der Waals surface area (Å²) in [6, 6.07) is 11.9. The van der Waals surface area contributed by atoms with Crippen molar-refractivity contribution in [3.63, 3.8) is 0 Å². The average molecular weight is 518 g/mol. The minimum absolute atomic E-state index is 0. The van der Waals surface area contributed by atoms with Crippen LogP contribution in [0.4, 0.5) is 24.0 Å². The first-order valence-electron chi connectivity index (χ1n) is 9.96. The number of quaternary nitrogens is 1. The lowest BCUT2D eigenvalue weighted by atomic mass is 10.1. The third-order valence-electron chi connectivity index (χ3n) is 4.70. The van der Waals surface area contributed by atoms with E-state index in [-0.39, 0.29) is 30.4 Å². The molecular weight excluding hydrogens is 494 g/mol. The molecular formula is C23H24Cl2F3N3OS. The van der Waals surface area contributed by atoms with Crippen molar-refractivity contribution >= 4 is 39.7 Å². The molecule has 178 valence electrons. The zero-order valence-corrected chi connectivity index (χ0v) is 20.7. The van der Waals surface area contributed by atoms with Gasteiger partial charge in [0.15, 0.2) is 5.13 Å². The summed E-state index contributed by atoms with van der Waals surface area (Å²) >= 11 is 7.27. The first-order chi connectivity index (χ1) is 14.9. The Labute approximate surface area is 206 Å². The summed E-state index contributed by atoms with van der Waals surface area (Å²) in [6.07, 6.45) is -3.72. The highest BCUT2D eigenvalue weighted by Gasteiger charge is 2.32. The van der Waals surface area contributed by atoms with Gasteiger partial charge in [0.25, 0.3) is 0 Å². The maximum atomic E-state index is 13.3. The van der Waals surface area contributed by atoms with E-state index in [9.17, 15) is 18.0 Å². The fraction of sp³-hybridized carbons (Fsp3) is 0.304. The van der Waals surface area contributed by atoms with Crippen molar-refractivity contribution < 1.29 is 34.9 Å². The molecule has 4 nitrogen and oxygen atoms in total. The smallest absolute Gasteiger partial charge is 0.416 e. The molecule has 3 aromatic rings. The minimum Gasteiger partial charge on any atom is -1.00 e. The van der Waals surface area contributed by atoms with Gasteiger partial charge in [-0.2, -0.15) is 13.2 Å². The third kappa shape index (κ3) is 7.43. The van der Waals surface area contributed by atoms with Gasteiger partial charge in [0.05, 0.1) is 44.6 Å². The zero-order valence-electron chi connectivity index (χ0n) is 18.4. The topological polar surface area (TPSA) is 33.2 Å². The van der Waals surface area contributed by atoms with Crippen LogP contribution in [0.15, 0.2) is 53.9 Å². The van der Waals surface area contributed by atoms with Gasteiger partial charge in [-0.3, -0.25) is 9.69 Å². The summed E-state index contributed by atoms with van der Waals surface area (Å²) in [7, 11) is 6.06. The van der Waals surface area contributed by atoms with Gasteiger partial charge in [-0.05, 0) is 30.3 Å². The van der Waals surface area contributed by atoms with Gasteiger partial charge in [-0.25, -0.2) is 4.98 Å². The Hall–Kier alpha value is -2.13. The lowest BCUT2D eigenvalue weighted by molar-refractivity contribution is -0.870. The van der Waals surface area contributed by atoms with E-state index in [0.29, 0.717) is 26.8 Å². The number of thiazole rings is 1. The van der Waals surface area contributed by atoms with Crippen LogP contribution in [0, 0.1) is 0 Å². The Bertz CT molecular complexity index is 1100. The van der Waals surface area contributed by atoms with Crippen molar-refractivity contribution in [3.05, 3.63) is 64.5 Å². The predicted octanol–water partition coefficient (Wildman–Crippen LogP) is 3.64. The SMILES string of the molecule is C[N+](C)(C)CCCC(=O)N(c1cccc(C(F)(F)F)c1)c1nc(-c2cccc(Cl)c2)cs1.[Cl-]. The van der Waals surface area contributed by atoms with Crippen LogP contribution in [0.25, 0.3) is 11.3 Å². The molecule has 0 fully saturated rings. The van der Waals surface area contributed by atoms with E-state index in [1.807, 2.05) is 27.2 Å². The molecule has 0 unspecified atom stereocenters. The van der Waals surface area contributed by atoms with Crippen LogP contribution in [-0.4, -0.2) is 43.1 Å². The largest absolute Gasteiger partial charge is 1.00 e. The molecule has 0 radical (unpaired) electrons. The number of hydrogen-bond donors (Lipinski definition) is 0. The van der Waals surface area contributed by atoms with Gasteiger partial charge in [-0.1, -0.05) is 29.8 Å². The number of anilines is 2. The van der Waals surface area contributed by atoms with E-state index in [2.05, 4.69) is 4.98 Å². The number of benzene rings is 2. The van der Waals surface area contributed by atoms with Gasteiger partial charge < -0.3 is 16.9 Å². The summed E-state index contributed by atoms with van der Waals surface area (Å²) < 4.78 is 40.6. The molecule has 1 aromatic heterocycles. The molecule has 2 aromatic carbocycles. The molecule has 0 bridgehead atoms. The molecule has 0 atom stereocenters. The Morgan fingerprint density at radius 2 is 1.82 bits per heavy atom. The quantitative estimate of drug-likeness (QED) is 0.448. The third-order valence-corrected chi connectivity index (χ3v) is 5.77. The van der Waals surface area contributed by atoms with Gasteiger partial charge in [0, 0.05) is 28.8 Å². The van der Waals surface area contributed by atoms with Crippen LogP contribution in [-0.2, 0) is 11.0 Å². The number of alkyl halides is 3. The Balaban J connectivity index is 0.00000385. The Morgan fingerprint density at radius 1 is 1.12 bits per heavy atom. The van der Waals surface area contributed by atoms with E-state index in [0.717, 1.165) is 24.2 Å². The van der Waals surface area contributed by atoms with Crippen LogP contribution in [0.5, 0.6) is 0 Å². The van der Waals surface area contributed by atoms with Crippen LogP contribution < -0.4 is 17.3 Å². The second-order valence-electron chi connectivity index (χ2n) is 8.42. The van der Waals surface area contributed by atoms with Gasteiger partial charge in [0.2, 0.25) is 5.91 Å². The monoisotopic (exact) mass is 517 g/mol. The molecule has 1 amide bonds. The number of nitrogens with zero attached hydrogens (tertiary/aromatic N) is 3. The minimum atomic E-state index is -4.51. The van der Waals surface area contributed by atoms with Gasteiger partial charge in [-0.15, -0.1) is 11.3 Å². The first kappa shape index (κ1) is 27.1. The molecule has 0 saturated carbocycles. The lowest BCUT2D eigenvalue weighted by Crippen LogP contribution is -3.00. The highest BCUT2D eigenvalue weighted by atomic mass is 35.5. The van der Waals surface area contributed by atoms with Crippen LogP contribution >= 0.6 is 22.9 Å². The summed E-state index contributed by atoms with van der Waals surface area (Å²) in [4.78, 5) is 19.0. The van der Waals surface area contributed by atoms with Crippen LogP contribution in [0.2, 0.25) is 5.02 Å². The van der Waals surface area contributed by atoms with E-state index in [1.54, 1.807) is 23.6 Å². The summed E-state index contributed by atoms with van der Waals surface area (Å²) in [5, 5.41) is 2.62. The maximum Gasteiger partial charge on any atom is 0.416 e. The standard InChI is InChI=1S/C23H24ClF3N3OS.ClH/c1-30(2,3)12-6-11-21(31)29(19-10-5-8-17(14-19)23(25,26)27)22-28-20(15-32-22)16-7-4-9-18(24)13-16;/h4-5,7-10,13-15H,6,11-12H2,1-3H3;1H/q+1;/p-1. The number of amides is 1. The van der Waals surface area contributed by atoms with Crippen LogP contribution in [0.1, 0.15) is 18.4 Å². The number of carbonyl (C=O) groups is 1. The number of halogens is 5. The molecule has 0 aliphatic heterocycles. The fourth-order valence-corrected chi connectivity index (χ4v) is 4.21. The fourth-order valence-electron chi connectivity index (χ4n) is 3.15. The molecule has 0 aliphatic rings. The number of rotatable bonds is 7. The Morgan fingerprint density at radius 3 is 2.45 bits per heavy atom. The highest BCUT2D eigenvalue weighted by molar-refractivity contribution is 7.14. The second kappa shape index (κ2) is 10.9. The maximum absolute atomic E-state index is 13.3. The summed E-state index contributed by atoms with van der Waals surface area (Å²) in [5.74, 6) is -0.301. The number of carbonyl (C=O) groups excluding carboxylic acids is 1. The van der Waals surface area contributed by atoms with Crippen molar-refractivity contribution in [2.75, 3.05) is 32.6 Å². The van der Waals surface area contributed by atoms with Crippen molar-refractivity contribution in [2.24, 2.45) is 0 Å². The molecule has 33 heavy (non-hydrogen) atoms. The normalized spacial score (nSPS) is 11.7. The van der Waals surface area contributed by atoms with Crippen molar-refractivity contribution in [3.8, 4) is 11.3 Å². The van der Waals surface area contributed by atoms with E-state index in [1.165, 1.54) is 28.4 Å². The molecule has 10 heteroatoms. The van der Waals surface area contributed by atoms with Crippen molar-refractivity contribution in [2.45, 2.75) is 19.0 Å². The molecule has 0 saturated heterocycles. The van der Waals surface area contributed by atoms with Crippen LogP contribution in [0.3, 0.4) is 0 Å². The van der Waals surface area contributed by atoms with E-state index >= 15 is 0 Å². The zero-order chi connectivity index (χ0) is 23.5. The predicted molar refractivity (Wildman–Crippen MR) is 123 cm³/mol. The second-order valence-corrected chi connectivity index (χ2v) is 9.69. The summed E-state index contributed by atoms with van der Waals surface area (Å²) in [5.41, 5.74) is 0.693.